The molecule has 1 N–H and O–H groups in total. The number of benzene rings is 2. The summed E-state index contributed by atoms with van der Waals surface area (Å²) in [4.78, 5) is 24.6. The van der Waals surface area contributed by atoms with Gasteiger partial charge in [-0.2, -0.15) is 0 Å². The summed E-state index contributed by atoms with van der Waals surface area (Å²) in [6.45, 7) is 0. The number of epoxide rings is 1. The van der Waals surface area contributed by atoms with Gasteiger partial charge in [0.15, 0.2) is 11.9 Å². The van der Waals surface area contributed by atoms with E-state index in [9.17, 15) is 18.4 Å². The Morgan fingerprint density at radius 2 is 1.77 bits per heavy atom. The molecule has 1 amide bonds. The van der Waals surface area contributed by atoms with E-state index < -0.39 is 35.0 Å². The molecule has 1 fully saturated rings. The third-order valence-corrected chi connectivity index (χ3v) is 3.95. The molecule has 0 aromatic heterocycles. The standard InChI is InChI=1S/C16H9F2NO3/c17-9-3-1-8(2-4-9)13(20)14-16(22-14)11-7-10(18)5-6-12(11)19-15(16)21/h1-7,14H,(H,19,21)/t14-,16-/m1/s1. The second-order valence-electron chi connectivity index (χ2n) is 5.25. The van der Waals surface area contributed by atoms with Crippen LogP contribution in [0.1, 0.15) is 15.9 Å². The molecule has 2 aliphatic rings. The van der Waals surface area contributed by atoms with Crippen LogP contribution in [0.2, 0.25) is 0 Å². The minimum Gasteiger partial charge on any atom is -0.342 e. The van der Waals surface area contributed by atoms with E-state index >= 15 is 0 Å². The van der Waals surface area contributed by atoms with Crippen LogP contribution in [0.4, 0.5) is 14.5 Å². The van der Waals surface area contributed by atoms with Gasteiger partial charge < -0.3 is 10.1 Å². The van der Waals surface area contributed by atoms with Crippen LogP contribution in [0.5, 0.6) is 0 Å². The van der Waals surface area contributed by atoms with E-state index in [1.807, 2.05) is 0 Å². The van der Waals surface area contributed by atoms with E-state index in [0.717, 1.165) is 12.1 Å². The van der Waals surface area contributed by atoms with Gasteiger partial charge in [-0.05, 0) is 42.5 Å². The van der Waals surface area contributed by atoms with Crippen molar-refractivity contribution < 1.29 is 23.1 Å². The maximum absolute atomic E-state index is 13.4. The van der Waals surface area contributed by atoms with Crippen LogP contribution in [-0.2, 0) is 15.1 Å². The third kappa shape index (κ3) is 1.64. The molecule has 110 valence electrons. The number of hydrogen-bond donors (Lipinski definition) is 1. The van der Waals surface area contributed by atoms with Crippen LogP contribution in [-0.4, -0.2) is 17.8 Å². The summed E-state index contributed by atoms with van der Waals surface area (Å²) in [5.74, 6) is -1.91. The number of ether oxygens (including phenoxy) is 1. The average Bonchev–Trinajstić information content (AvgIpc) is 3.19. The fraction of sp³-hybridized carbons (Fsp3) is 0.125. The topological polar surface area (TPSA) is 58.7 Å². The Morgan fingerprint density at radius 3 is 2.50 bits per heavy atom. The number of amides is 1. The van der Waals surface area contributed by atoms with Crippen LogP contribution in [0.3, 0.4) is 0 Å². The maximum Gasteiger partial charge on any atom is 0.264 e. The summed E-state index contributed by atoms with van der Waals surface area (Å²) in [6.07, 6.45) is -1.03. The summed E-state index contributed by atoms with van der Waals surface area (Å²) < 4.78 is 31.7. The van der Waals surface area contributed by atoms with Crippen molar-refractivity contribution in [2.75, 3.05) is 5.32 Å². The van der Waals surface area contributed by atoms with Crippen molar-refractivity contribution in [3.8, 4) is 0 Å². The van der Waals surface area contributed by atoms with E-state index in [4.69, 9.17) is 4.74 Å². The third-order valence-electron chi connectivity index (χ3n) is 3.95. The molecule has 2 aromatic carbocycles. The first-order valence-electron chi connectivity index (χ1n) is 6.61. The Bertz CT molecular complexity index is 819. The fourth-order valence-corrected chi connectivity index (χ4v) is 2.80. The van der Waals surface area contributed by atoms with Crippen LogP contribution < -0.4 is 5.32 Å². The summed E-state index contributed by atoms with van der Waals surface area (Å²) in [5.41, 5.74) is -0.484. The zero-order chi connectivity index (χ0) is 15.5. The summed E-state index contributed by atoms with van der Waals surface area (Å²) in [6, 6.07) is 8.80. The van der Waals surface area contributed by atoms with Crippen LogP contribution in [0.15, 0.2) is 42.5 Å². The second-order valence-corrected chi connectivity index (χ2v) is 5.25. The molecule has 2 aromatic rings. The molecule has 0 unspecified atom stereocenters. The van der Waals surface area contributed by atoms with E-state index in [0.29, 0.717) is 11.3 Å². The van der Waals surface area contributed by atoms with Gasteiger partial charge in [-0.15, -0.1) is 0 Å². The highest BCUT2D eigenvalue weighted by atomic mass is 19.1. The lowest BCUT2D eigenvalue weighted by Crippen LogP contribution is -2.27. The van der Waals surface area contributed by atoms with Crippen molar-refractivity contribution in [1.29, 1.82) is 0 Å². The molecule has 1 spiro atoms. The smallest absolute Gasteiger partial charge is 0.264 e. The number of carbonyl (C=O) groups excluding carboxylic acids is 2. The zero-order valence-electron chi connectivity index (χ0n) is 11.1. The van der Waals surface area contributed by atoms with Gasteiger partial charge in [0.1, 0.15) is 11.6 Å². The van der Waals surface area contributed by atoms with Gasteiger partial charge in [-0.1, -0.05) is 0 Å². The highest BCUT2D eigenvalue weighted by Crippen LogP contribution is 2.54. The SMILES string of the molecule is O=C(c1ccc(F)cc1)[C@H]1O[C@@]12C(=O)Nc1ccc(F)cc12. The number of hydrogen-bond acceptors (Lipinski definition) is 3. The molecular formula is C16H9F2NO3. The Hall–Kier alpha value is -2.60. The van der Waals surface area contributed by atoms with E-state index in [2.05, 4.69) is 5.32 Å². The van der Waals surface area contributed by atoms with Gasteiger partial charge in [-0.3, -0.25) is 9.59 Å². The molecule has 2 heterocycles. The molecule has 4 rings (SSSR count). The molecule has 4 nitrogen and oxygen atoms in total. The number of Topliss-reactive ketones (excluding diaryl/α,β-unsaturated/α-hetero) is 1. The molecule has 6 heteroatoms. The number of rotatable bonds is 2. The number of nitrogens with one attached hydrogen (secondary N) is 1. The first-order chi connectivity index (χ1) is 10.5. The van der Waals surface area contributed by atoms with E-state index in [1.165, 1.54) is 30.3 Å². The van der Waals surface area contributed by atoms with Gasteiger partial charge in [0.05, 0.1) is 0 Å². The quantitative estimate of drug-likeness (QED) is 0.684. The van der Waals surface area contributed by atoms with E-state index in [1.54, 1.807) is 0 Å². The summed E-state index contributed by atoms with van der Waals surface area (Å²) in [5, 5.41) is 2.58. The van der Waals surface area contributed by atoms with Crippen LogP contribution >= 0.6 is 0 Å². The lowest BCUT2D eigenvalue weighted by atomic mass is 9.92. The minimum absolute atomic E-state index is 0.237. The van der Waals surface area contributed by atoms with Gasteiger partial charge in [-0.25, -0.2) is 8.78 Å². The first kappa shape index (κ1) is 13.1. The Kier molecular flexibility index (Phi) is 2.50. The summed E-state index contributed by atoms with van der Waals surface area (Å²) in [7, 11) is 0. The van der Waals surface area contributed by atoms with Crippen molar-refractivity contribution >= 4 is 17.4 Å². The number of carbonyl (C=O) groups is 2. The fourth-order valence-electron chi connectivity index (χ4n) is 2.80. The lowest BCUT2D eigenvalue weighted by molar-refractivity contribution is -0.120. The van der Waals surface area contributed by atoms with Gasteiger partial charge in [0.25, 0.3) is 5.91 Å². The largest absolute Gasteiger partial charge is 0.342 e. The Morgan fingerprint density at radius 1 is 1.09 bits per heavy atom. The van der Waals surface area contributed by atoms with Crippen LogP contribution in [0.25, 0.3) is 0 Å². The number of halogens is 2. The van der Waals surface area contributed by atoms with Gasteiger partial charge >= 0.3 is 0 Å². The Labute approximate surface area is 123 Å². The van der Waals surface area contributed by atoms with Crippen LogP contribution in [0, 0.1) is 11.6 Å². The number of fused-ring (bicyclic) bond motifs is 2. The lowest BCUT2D eigenvalue weighted by Gasteiger charge is -2.03. The van der Waals surface area contributed by atoms with Gasteiger partial charge in [0, 0.05) is 16.8 Å². The van der Waals surface area contributed by atoms with E-state index in [-0.39, 0.29) is 5.56 Å². The minimum atomic E-state index is -1.47. The molecule has 22 heavy (non-hydrogen) atoms. The molecule has 2 atom stereocenters. The Balaban J connectivity index is 1.71. The van der Waals surface area contributed by atoms with Crippen molar-refractivity contribution in [2.24, 2.45) is 0 Å². The predicted molar refractivity (Wildman–Crippen MR) is 72.3 cm³/mol. The first-order valence-corrected chi connectivity index (χ1v) is 6.61. The highest BCUT2D eigenvalue weighted by Gasteiger charge is 2.70. The van der Waals surface area contributed by atoms with Gasteiger partial charge in [0.2, 0.25) is 5.60 Å². The number of anilines is 1. The molecule has 0 bridgehead atoms. The monoisotopic (exact) mass is 301 g/mol. The predicted octanol–water partition coefficient (Wildman–Crippen LogP) is 2.39. The molecule has 0 saturated carbocycles. The number of ketones is 1. The maximum atomic E-state index is 13.4. The second kappa shape index (κ2) is 4.20. The van der Waals surface area contributed by atoms with Crippen molar-refractivity contribution in [3.63, 3.8) is 0 Å². The van der Waals surface area contributed by atoms with Crippen molar-refractivity contribution in [3.05, 3.63) is 65.2 Å². The highest BCUT2D eigenvalue weighted by molar-refractivity contribution is 6.15. The molecular weight excluding hydrogens is 292 g/mol. The zero-order valence-corrected chi connectivity index (χ0v) is 11.1. The normalized spacial score (nSPS) is 25.0. The van der Waals surface area contributed by atoms with Crippen molar-refractivity contribution in [1.82, 2.24) is 0 Å². The molecule has 1 saturated heterocycles. The average molecular weight is 301 g/mol. The molecule has 2 aliphatic heterocycles. The molecule has 0 radical (unpaired) electrons. The van der Waals surface area contributed by atoms with Crippen molar-refractivity contribution in [2.45, 2.75) is 11.7 Å². The molecule has 0 aliphatic carbocycles. The summed E-state index contributed by atoms with van der Waals surface area (Å²) >= 11 is 0.